The molecule has 0 aromatic heterocycles. The van der Waals surface area contributed by atoms with E-state index in [2.05, 4.69) is 37.4 Å². The molecule has 0 aromatic carbocycles. The van der Waals surface area contributed by atoms with Crippen molar-refractivity contribution in [3.05, 3.63) is 9.81 Å². The fraction of sp³-hybridized carbons (Fsp3) is 0.818. The number of rotatable bonds is 4. The van der Waals surface area contributed by atoms with Gasteiger partial charge in [0.2, 0.25) is 0 Å². The summed E-state index contributed by atoms with van der Waals surface area (Å²) in [6, 6.07) is 0. The molecule has 0 atom stereocenters. The number of unbranched alkanes of at least 4 members (excludes halogenated alkanes) is 1. The first-order chi connectivity index (χ1) is 6.38. The molecule has 1 saturated heterocycles. The van der Waals surface area contributed by atoms with Crippen LogP contribution in [-0.2, 0) is 0 Å². The van der Waals surface area contributed by atoms with E-state index in [-0.39, 0.29) is 0 Å². The van der Waals surface area contributed by atoms with Gasteiger partial charge in [0.05, 0.1) is 0 Å². The molecular weight excluding hydrogens is 196 g/mol. The summed E-state index contributed by atoms with van der Waals surface area (Å²) in [5.41, 5.74) is 1.72. The maximum atomic E-state index is 2.30. The summed E-state index contributed by atoms with van der Waals surface area (Å²) in [6.07, 6.45) is 6.68. The van der Waals surface area contributed by atoms with Gasteiger partial charge >= 0.3 is 0 Å². The first kappa shape index (κ1) is 11.5. The van der Waals surface area contributed by atoms with Crippen molar-refractivity contribution in [1.29, 1.82) is 0 Å². The van der Waals surface area contributed by atoms with Gasteiger partial charge in [-0.15, -0.1) is 23.5 Å². The van der Waals surface area contributed by atoms with Crippen LogP contribution in [0.2, 0.25) is 0 Å². The van der Waals surface area contributed by atoms with Crippen LogP contribution in [0, 0.1) is 0 Å². The van der Waals surface area contributed by atoms with Crippen molar-refractivity contribution in [2.24, 2.45) is 0 Å². The van der Waals surface area contributed by atoms with Gasteiger partial charge in [0.1, 0.15) is 0 Å². The molecule has 1 heterocycles. The molecule has 13 heavy (non-hydrogen) atoms. The van der Waals surface area contributed by atoms with E-state index in [1.165, 1.54) is 43.6 Å². The largest absolute Gasteiger partial charge is 0.119 e. The first-order valence-corrected chi connectivity index (χ1v) is 7.33. The average molecular weight is 216 g/mol. The number of hydrogen-bond acceptors (Lipinski definition) is 2. The van der Waals surface area contributed by atoms with Crippen molar-refractivity contribution in [2.45, 2.75) is 46.0 Å². The molecule has 0 spiro atoms. The predicted octanol–water partition coefficient (Wildman–Crippen LogP) is 4.67. The van der Waals surface area contributed by atoms with Crippen molar-refractivity contribution in [3.8, 4) is 0 Å². The summed E-state index contributed by atoms with van der Waals surface area (Å²) >= 11 is 4.18. The maximum absolute atomic E-state index is 2.30. The van der Waals surface area contributed by atoms with Crippen LogP contribution < -0.4 is 0 Å². The summed E-state index contributed by atoms with van der Waals surface area (Å²) in [5, 5.41) is 0. The molecule has 1 aliphatic rings. The summed E-state index contributed by atoms with van der Waals surface area (Å²) in [6.45, 7) is 4.58. The highest BCUT2D eigenvalue weighted by molar-refractivity contribution is 8.22. The zero-order valence-electron chi connectivity index (χ0n) is 8.77. The molecule has 1 fully saturated rings. The Kier molecular flexibility index (Phi) is 6.05. The van der Waals surface area contributed by atoms with Gasteiger partial charge in [0.15, 0.2) is 0 Å². The molecule has 0 nitrogen and oxygen atoms in total. The molecule has 1 aliphatic heterocycles. The quantitative estimate of drug-likeness (QED) is 0.670. The molecule has 0 amide bonds. The minimum Gasteiger partial charge on any atom is -0.119 e. The van der Waals surface area contributed by atoms with Gasteiger partial charge in [0, 0.05) is 4.24 Å². The van der Waals surface area contributed by atoms with Crippen molar-refractivity contribution in [2.75, 3.05) is 11.5 Å². The molecular formula is C11H20S2. The van der Waals surface area contributed by atoms with E-state index in [1.807, 2.05) is 0 Å². The van der Waals surface area contributed by atoms with Crippen LogP contribution in [0.4, 0.5) is 0 Å². The Morgan fingerprint density at radius 3 is 2.46 bits per heavy atom. The minimum atomic E-state index is 1.26. The molecule has 0 saturated carbocycles. The lowest BCUT2D eigenvalue weighted by Gasteiger charge is -2.17. The van der Waals surface area contributed by atoms with Gasteiger partial charge in [0.25, 0.3) is 0 Å². The normalized spacial score (nSPS) is 17.5. The molecule has 0 bridgehead atoms. The van der Waals surface area contributed by atoms with E-state index in [0.29, 0.717) is 0 Å². The Bertz CT molecular complexity index is 165. The fourth-order valence-electron chi connectivity index (χ4n) is 1.45. The van der Waals surface area contributed by atoms with Gasteiger partial charge in [-0.05, 0) is 37.2 Å². The second-order valence-corrected chi connectivity index (χ2v) is 5.87. The maximum Gasteiger partial charge on any atom is 0.0392 e. The van der Waals surface area contributed by atoms with Crippen LogP contribution in [0.15, 0.2) is 9.81 Å². The second kappa shape index (κ2) is 6.83. The summed E-state index contributed by atoms with van der Waals surface area (Å²) in [4.78, 5) is 0. The third kappa shape index (κ3) is 3.99. The monoisotopic (exact) mass is 216 g/mol. The van der Waals surface area contributed by atoms with E-state index in [4.69, 9.17) is 0 Å². The smallest absolute Gasteiger partial charge is 0.0392 e. The van der Waals surface area contributed by atoms with Crippen LogP contribution >= 0.6 is 23.5 Å². The van der Waals surface area contributed by atoms with Crippen LogP contribution in [-0.4, -0.2) is 11.5 Å². The number of allylic oxidation sites excluding steroid dienone is 1. The summed E-state index contributed by atoms with van der Waals surface area (Å²) in [7, 11) is 0. The Labute approximate surface area is 90.9 Å². The lowest BCUT2D eigenvalue weighted by atomic mass is 10.1. The minimum absolute atomic E-state index is 1.26. The molecule has 0 unspecified atom stereocenters. The van der Waals surface area contributed by atoms with E-state index >= 15 is 0 Å². The van der Waals surface area contributed by atoms with Crippen molar-refractivity contribution in [1.82, 2.24) is 0 Å². The van der Waals surface area contributed by atoms with E-state index in [0.717, 1.165) is 0 Å². The highest BCUT2D eigenvalue weighted by atomic mass is 32.2. The molecule has 2 heteroatoms. The van der Waals surface area contributed by atoms with Crippen LogP contribution in [0.1, 0.15) is 46.0 Å². The Morgan fingerprint density at radius 2 is 1.92 bits per heavy atom. The van der Waals surface area contributed by atoms with Gasteiger partial charge in [-0.25, -0.2) is 0 Å². The standard InChI is InChI=1S/C11H20S2/c1-3-5-7-10(4-2)11-12-8-6-9-13-11/h3-9H2,1-2H3. The second-order valence-electron chi connectivity index (χ2n) is 3.40. The van der Waals surface area contributed by atoms with Crippen LogP contribution in [0.25, 0.3) is 0 Å². The lowest BCUT2D eigenvalue weighted by molar-refractivity contribution is 0.767. The van der Waals surface area contributed by atoms with Crippen LogP contribution in [0.3, 0.4) is 0 Å². The highest BCUT2D eigenvalue weighted by Gasteiger charge is 2.10. The number of thioether (sulfide) groups is 2. The van der Waals surface area contributed by atoms with Crippen LogP contribution in [0.5, 0.6) is 0 Å². The predicted molar refractivity (Wildman–Crippen MR) is 66.4 cm³/mol. The fourth-order valence-corrected chi connectivity index (χ4v) is 4.31. The Balaban J connectivity index is 2.48. The van der Waals surface area contributed by atoms with Gasteiger partial charge in [-0.3, -0.25) is 0 Å². The summed E-state index contributed by atoms with van der Waals surface area (Å²) in [5.74, 6) is 2.69. The van der Waals surface area contributed by atoms with Gasteiger partial charge in [-0.2, -0.15) is 0 Å². The third-order valence-electron chi connectivity index (χ3n) is 2.30. The number of hydrogen-bond donors (Lipinski definition) is 0. The third-order valence-corrected chi connectivity index (χ3v) is 5.10. The van der Waals surface area contributed by atoms with Crippen molar-refractivity contribution < 1.29 is 0 Å². The van der Waals surface area contributed by atoms with E-state index in [1.54, 1.807) is 9.81 Å². The Morgan fingerprint density at radius 1 is 1.23 bits per heavy atom. The lowest BCUT2D eigenvalue weighted by Crippen LogP contribution is -1.95. The zero-order chi connectivity index (χ0) is 9.52. The molecule has 0 aliphatic carbocycles. The van der Waals surface area contributed by atoms with E-state index < -0.39 is 0 Å². The molecule has 76 valence electrons. The molecule has 0 aromatic rings. The average Bonchev–Trinajstić information content (AvgIpc) is 2.21. The Hall–Kier alpha value is 0.440. The van der Waals surface area contributed by atoms with Crippen molar-refractivity contribution in [3.63, 3.8) is 0 Å². The van der Waals surface area contributed by atoms with Gasteiger partial charge < -0.3 is 0 Å². The molecule has 0 radical (unpaired) electrons. The summed E-state index contributed by atoms with van der Waals surface area (Å²) < 4.78 is 1.65. The molecule has 0 N–H and O–H groups in total. The zero-order valence-corrected chi connectivity index (χ0v) is 10.4. The SMILES string of the molecule is CCCCC(CC)=C1SCCCS1. The topological polar surface area (TPSA) is 0 Å². The first-order valence-electron chi connectivity index (χ1n) is 5.36. The highest BCUT2D eigenvalue weighted by Crippen LogP contribution is 2.39. The van der Waals surface area contributed by atoms with Gasteiger partial charge in [-0.1, -0.05) is 25.8 Å². The van der Waals surface area contributed by atoms with E-state index in [9.17, 15) is 0 Å². The van der Waals surface area contributed by atoms with Crippen molar-refractivity contribution >= 4 is 23.5 Å². The molecule has 1 rings (SSSR count).